The minimum atomic E-state index is -4.41. The molecule has 0 fully saturated rings. The predicted octanol–water partition coefficient (Wildman–Crippen LogP) is 1.32. The average Bonchev–Trinajstić information content (AvgIpc) is 2.26. The highest BCUT2D eigenvalue weighted by atomic mass is 32.2. The van der Waals surface area contributed by atoms with Crippen LogP contribution in [-0.4, -0.2) is 13.0 Å². The lowest BCUT2D eigenvalue weighted by atomic mass is 10.1. The maximum absolute atomic E-state index is 10.8. The lowest BCUT2D eigenvalue weighted by molar-refractivity contribution is 0.479. The average molecular weight is 238 g/mol. The number of hydrazine groups is 1. The lowest BCUT2D eigenvalue weighted by Crippen LogP contribution is -2.36. The number of hydrogen-bond donors (Lipinski definition) is 2. The molecule has 0 saturated heterocycles. The minimum absolute atomic E-state index is 0.209. The van der Waals surface area contributed by atoms with Crippen molar-refractivity contribution in [1.29, 1.82) is 0 Å². The molecule has 5 nitrogen and oxygen atoms in total. The molecule has 0 aromatic heterocycles. The van der Waals surface area contributed by atoms with Crippen molar-refractivity contribution < 1.29 is 13.0 Å². The molecular formula is C10H10N2O3S. The summed E-state index contributed by atoms with van der Waals surface area (Å²) in [4.78, 5) is 0. The van der Waals surface area contributed by atoms with E-state index in [4.69, 9.17) is 10.4 Å². The van der Waals surface area contributed by atoms with E-state index in [1.165, 1.54) is 6.07 Å². The molecule has 16 heavy (non-hydrogen) atoms. The van der Waals surface area contributed by atoms with Gasteiger partial charge >= 0.3 is 10.3 Å². The maximum atomic E-state index is 10.8. The minimum Gasteiger partial charge on any atom is -0.268 e. The molecule has 0 aliphatic heterocycles. The van der Waals surface area contributed by atoms with Gasteiger partial charge in [0.1, 0.15) is 0 Å². The van der Waals surface area contributed by atoms with Crippen molar-refractivity contribution >= 4 is 26.8 Å². The van der Waals surface area contributed by atoms with Crippen LogP contribution in [0, 0.1) is 0 Å². The van der Waals surface area contributed by atoms with E-state index in [0.717, 1.165) is 10.8 Å². The van der Waals surface area contributed by atoms with Gasteiger partial charge in [0.2, 0.25) is 0 Å². The molecule has 0 atom stereocenters. The Balaban J connectivity index is 2.55. The summed E-state index contributed by atoms with van der Waals surface area (Å²) in [5, 5.41) is 1.81. The van der Waals surface area contributed by atoms with Gasteiger partial charge in [-0.3, -0.25) is 4.55 Å². The Labute approximate surface area is 92.9 Å². The van der Waals surface area contributed by atoms with E-state index < -0.39 is 10.3 Å². The first-order valence-electron chi connectivity index (χ1n) is 4.50. The number of hydrogen-bond acceptors (Lipinski definition) is 3. The maximum Gasteiger partial charge on any atom is 0.373 e. The van der Waals surface area contributed by atoms with Crippen molar-refractivity contribution in [2.45, 2.75) is 0 Å². The first-order valence-corrected chi connectivity index (χ1v) is 5.89. The number of anilines is 1. The van der Waals surface area contributed by atoms with Gasteiger partial charge in [0.15, 0.2) is 0 Å². The summed E-state index contributed by atoms with van der Waals surface area (Å²) < 4.78 is 30.8. The second-order valence-electron chi connectivity index (χ2n) is 3.31. The zero-order chi connectivity index (χ0) is 11.8. The second-order valence-corrected chi connectivity index (χ2v) is 4.59. The number of nitrogens with two attached hydrogens (primary N) is 1. The first-order chi connectivity index (χ1) is 7.48. The fourth-order valence-electron chi connectivity index (χ4n) is 1.45. The molecule has 0 aliphatic carbocycles. The van der Waals surface area contributed by atoms with E-state index in [-0.39, 0.29) is 5.69 Å². The summed E-state index contributed by atoms with van der Waals surface area (Å²) in [6.45, 7) is 0. The zero-order valence-corrected chi connectivity index (χ0v) is 9.05. The third-order valence-electron chi connectivity index (χ3n) is 2.24. The highest BCUT2D eigenvalue weighted by Gasteiger charge is 2.15. The molecule has 6 heteroatoms. The normalized spacial score (nSPS) is 11.6. The fraction of sp³-hybridized carbons (Fsp3) is 0. The highest BCUT2D eigenvalue weighted by Crippen LogP contribution is 2.21. The van der Waals surface area contributed by atoms with Crippen LogP contribution >= 0.6 is 0 Å². The summed E-state index contributed by atoms with van der Waals surface area (Å²) in [7, 11) is -4.41. The van der Waals surface area contributed by atoms with Gasteiger partial charge in [0.25, 0.3) is 0 Å². The summed E-state index contributed by atoms with van der Waals surface area (Å²) >= 11 is 0. The third kappa shape index (κ3) is 1.99. The van der Waals surface area contributed by atoms with E-state index >= 15 is 0 Å². The van der Waals surface area contributed by atoms with Gasteiger partial charge in [0, 0.05) is 0 Å². The standard InChI is InChI=1S/C10H10N2O3S/c11-12(16(13,14)15)10-6-5-8-3-1-2-4-9(8)7-10/h1-7H,11H2,(H,13,14,15). The molecule has 0 amide bonds. The fourth-order valence-corrected chi connectivity index (χ4v) is 1.83. The molecule has 2 aromatic carbocycles. The second kappa shape index (κ2) is 3.75. The molecule has 2 rings (SSSR count). The van der Waals surface area contributed by atoms with E-state index in [2.05, 4.69) is 0 Å². The molecule has 0 unspecified atom stereocenters. The summed E-state index contributed by atoms with van der Waals surface area (Å²) in [6.07, 6.45) is 0. The molecular weight excluding hydrogens is 228 g/mol. The van der Waals surface area contributed by atoms with Gasteiger partial charge in [-0.2, -0.15) is 12.8 Å². The van der Waals surface area contributed by atoms with Gasteiger partial charge in [0.05, 0.1) is 5.69 Å². The van der Waals surface area contributed by atoms with Crippen LogP contribution in [0.15, 0.2) is 42.5 Å². The molecule has 0 saturated carbocycles. The highest BCUT2D eigenvalue weighted by molar-refractivity contribution is 7.87. The Kier molecular flexibility index (Phi) is 2.55. The van der Waals surface area contributed by atoms with Gasteiger partial charge in [-0.05, 0) is 22.9 Å². The summed E-state index contributed by atoms with van der Waals surface area (Å²) in [5.74, 6) is 5.26. The first kappa shape index (κ1) is 10.9. The lowest BCUT2D eigenvalue weighted by Gasteiger charge is -2.14. The zero-order valence-electron chi connectivity index (χ0n) is 8.24. The van der Waals surface area contributed by atoms with Crippen LogP contribution in [0.4, 0.5) is 5.69 Å². The van der Waals surface area contributed by atoms with Crippen LogP contribution < -0.4 is 10.3 Å². The quantitative estimate of drug-likeness (QED) is 0.469. The third-order valence-corrected chi connectivity index (χ3v) is 2.94. The predicted molar refractivity (Wildman–Crippen MR) is 62.2 cm³/mol. The van der Waals surface area contributed by atoms with Gasteiger partial charge in [-0.25, -0.2) is 5.84 Å². The Morgan fingerprint density at radius 2 is 1.69 bits per heavy atom. The molecule has 0 aliphatic rings. The van der Waals surface area contributed by atoms with Crippen LogP contribution in [0.2, 0.25) is 0 Å². The van der Waals surface area contributed by atoms with E-state index in [0.29, 0.717) is 4.41 Å². The van der Waals surface area contributed by atoms with Crippen molar-refractivity contribution in [3.8, 4) is 0 Å². The van der Waals surface area contributed by atoms with Gasteiger partial charge in [-0.15, -0.1) is 0 Å². The monoisotopic (exact) mass is 238 g/mol. The summed E-state index contributed by atoms with van der Waals surface area (Å²) in [5.41, 5.74) is 0.209. The molecule has 3 N–H and O–H groups in total. The van der Waals surface area contributed by atoms with E-state index in [1.54, 1.807) is 12.1 Å². The molecule has 2 aromatic rings. The SMILES string of the molecule is NN(c1ccc2ccccc2c1)S(=O)(=O)O. The molecule has 84 valence electrons. The van der Waals surface area contributed by atoms with E-state index in [9.17, 15) is 8.42 Å². The molecule has 0 spiro atoms. The van der Waals surface area contributed by atoms with Gasteiger partial charge < -0.3 is 0 Å². The molecule has 0 bridgehead atoms. The van der Waals surface area contributed by atoms with Crippen molar-refractivity contribution in [2.24, 2.45) is 5.84 Å². The van der Waals surface area contributed by atoms with Crippen molar-refractivity contribution in [3.05, 3.63) is 42.5 Å². The topological polar surface area (TPSA) is 83.6 Å². The molecule has 0 radical (unpaired) electrons. The van der Waals surface area contributed by atoms with Crippen LogP contribution in [0.25, 0.3) is 10.8 Å². The van der Waals surface area contributed by atoms with Crippen LogP contribution in [0.3, 0.4) is 0 Å². The smallest absolute Gasteiger partial charge is 0.268 e. The number of nitrogens with zero attached hydrogens (tertiary/aromatic N) is 1. The number of benzene rings is 2. The van der Waals surface area contributed by atoms with E-state index in [1.807, 2.05) is 24.3 Å². The number of fused-ring (bicyclic) bond motifs is 1. The van der Waals surface area contributed by atoms with Gasteiger partial charge in [-0.1, -0.05) is 30.3 Å². The van der Waals surface area contributed by atoms with Crippen molar-refractivity contribution in [2.75, 3.05) is 4.41 Å². The largest absolute Gasteiger partial charge is 0.373 e. The van der Waals surface area contributed by atoms with Crippen LogP contribution in [-0.2, 0) is 10.3 Å². The Morgan fingerprint density at radius 1 is 1.06 bits per heavy atom. The van der Waals surface area contributed by atoms with Crippen molar-refractivity contribution in [1.82, 2.24) is 0 Å². The van der Waals surface area contributed by atoms with Crippen molar-refractivity contribution in [3.63, 3.8) is 0 Å². The summed E-state index contributed by atoms with van der Waals surface area (Å²) in [6, 6.07) is 12.3. The Morgan fingerprint density at radius 3 is 2.31 bits per heavy atom. The van der Waals surface area contributed by atoms with Crippen LogP contribution in [0.5, 0.6) is 0 Å². The number of rotatable bonds is 2. The Hall–Kier alpha value is -1.63. The Bertz CT molecular complexity index is 625. The molecule has 0 heterocycles. The van der Waals surface area contributed by atoms with Crippen LogP contribution in [0.1, 0.15) is 0 Å².